The first-order chi connectivity index (χ1) is 12.4. The van der Waals surface area contributed by atoms with E-state index in [2.05, 4.69) is 50.4 Å². The van der Waals surface area contributed by atoms with Gasteiger partial charge in [-0.05, 0) is 66.0 Å². The van der Waals surface area contributed by atoms with Gasteiger partial charge in [0.1, 0.15) is 5.41 Å². The highest BCUT2D eigenvalue weighted by Crippen LogP contribution is 2.55. The molecule has 0 radical (unpaired) electrons. The maximum Gasteiger partial charge on any atom is 0.404 e. The number of hydrogen-bond donors (Lipinski definition) is 2. The molecule has 2 aliphatic rings. The van der Waals surface area contributed by atoms with E-state index in [-0.39, 0.29) is 5.92 Å². The van der Waals surface area contributed by atoms with Gasteiger partial charge in [0.25, 0.3) is 0 Å². The topological polar surface area (TPSA) is 73.1 Å². The minimum absolute atomic E-state index is 0.238. The summed E-state index contributed by atoms with van der Waals surface area (Å²) in [6.07, 6.45) is 0.437. The lowest BCUT2D eigenvalue weighted by molar-refractivity contribution is 0.193. The number of amides is 1. The summed E-state index contributed by atoms with van der Waals surface area (Å²) in [5.74, 6) is 0.238. The molecule has 0 aliphatic heterocycles. The maximum absolute atomic E-state index is 10.6. The number of benzene rings is 2. The van der Waals surface area contributed by atoms with Crippen molar-refractivity contribution >= 4 is 6.09 Å². The van der Waals surface area contributed by atoms with E-state index in [0.717, 1.165) is 34.2 Å². The number of nitrogens with one attached hydrogen (secondary N) is 1. The number of nitriles is 1. The van der Waals surface area contributed by atoms with Gasteiger partial charge in [-0.15, -0.1) is 0 Å². The largest absolute Gasteiger partial charge is 0.465 e. The first-order valence-electron chi connectivity index (χ1n) is 8.99. The quantitative estimate of drug-likeness (QED) is 0.789. The van der Waals surface area contributed by atoms with Gasteiger partial charge in [0, 0.05) is 6.54 Å². The molecule has 2 aliphatic carbocycles. The van der Waals surface area contributed by atoms with Crippen LogP contribution in [0.4, 0.5) is 4.79 Å². The summed E-state index contributed by atoms with van der Waals surface area (Å²) in [6, 6.07) is 15.0. The van der Waals surface area contributed by atoms with E-state index in [1.807, 2.05) is 18.2 Å². The van der Waals surface area contributed by atoms with Gasteiger partial charge in [0.05, 0.1) is 6.07 Å². The van der Waals surface area contributed by atoms with E-state index in [1.165, 1.54) is 5.56 Å². The van der Waals surface area contributed by atoms with Crippen LogP contribution in [-0.4, -0.2) is 17.7 Å². The molecule has 4 heteroatoms. The monoisotopic (exact) mass is 348 g/mol. The molecule has 0 spiro atoms. The number of nitrogens with zero attached hydrogens (tertiary/aromatic N) is 1. The van der Waals surface area contributed by atoms with Crippen molar-refractivity contribution in [3.63, 3.8) is 0 Å². The smallest absolute Gasteiger partial charge is 0.404 e. The predicted octanol–water partition coefficient (Wildman–Crippen LogP) is 4.78. The van der Waals surface area contributed by atoms with E-state index in [0.29, 0.717) is 13.0 Å². The number of fused-ring (bicyclic) bond motifs is 2. The third kappa shape index (κ3) is 2.84. The molecular weight excluding hydrogens is 324 g/mol. The van der Waals surface area contributed by atoms with Gasteiger partial charge in [0.2, 0.25) is 0 Å². The fraction of sp³-hybridized carbons (Fsp3) is 0.364. The molecule has 2 N–H and O–H groups in total. The molecule has 0 fully saturated rings. The fourth-order valence-corrected chi connectivity index (χ4v) is 4.51. The average molecular weight is 348 g/mol. The van der Waals surface area contributed by atoms with Crippen molar-refractivity contribution in [2.45, 2.75) is 39.0 Å². The minimum atomic E-state index is -1.00. The van der Waals surface area contributed by atoms with Crippen molar-refractivity contribution in [1.82, 2.24) is 5.32 Å². The zero-order chi connectivity index (χ0) is 18.9. The van der Waals surface area contributed by atoms with Crippen molar-refractivity contribution in [3.05, 3.63) is 58.7 Å². The number of rotatable bonds is 6. The van der Waals surface area contributed by atoms with E-state index < -0.39 is 11.5 Å². The Hall–Kier alpha value is -2.80. The fourth-order valence-electron chi connectivity index (χ4n) is 4.51. The van der Waals surface area contributed by atoms with Crippen LogP contribution >= 0.6 is 0 Å². The summed E-state index contributed by atoms with van der Waals surface area (Å²) in [5, 5.41) is 21.3. The summed E-state index contributed by atoms with van der Waals surface area (Å²) in [5.41, 5.74) is 6.40. The molecular formula is C22H24N2O2. The van der Waals surface area contributed by atoms with Crippen LogP contribution in [0.5, 0.6) is 0 Å². The second-order valence-electron chi connectivity index (χ2n) is 7.33. The number of hydrogen-bond acceptors (Lipinski definition) is 2. The van der Waals surface area contributed by atoms with Gasteiger partial charge >= 0.3 is 6.09 Å². The molecule has 4 rings (SSSR count). The molecule has 0 saturated carbocycles. The van der Waals surface area contributed by atoms with Gasteiger partial charge in [-0.25, -0.2) is 4.79 Å². The summed E-state index contributed by atoms with van der Waals surface area (Å²) >= 11 is 0. The molecule has 0 saturated heterocycles. The number of carbonyl (C=O) groups is 1. The third-order valence-electron chi connectivity index (χ3n) is 5.47. The standard InChI is InChI=1S/C22H24N2O2/c1-14(9-10-24-21(25)26)12-22(13-23)19-15(2)11-18(20(22)16(19)3)17-7-5-4-6-8-17/h4-8,11,14,24H,9-10,12H2,1-3H3,(H,25,26). The van der Waals surface area contributed by atoms with Gasteiger partial charge in [0.15, 0.2) is 0 Å². The average Bonchev–Trinajstić information content (AvgIpc) is 2.61. The second kappa shape index (κ2) is 6.84. The second-order valence-corrected chi connectivity index (χ2v) is 7.33. The van der Waals surface area contributed by atoms with Gasteiger partial charge < -0.3 is 10.4 Å². The molecule has 4 nitrogen and oxygen atoms in total. The molecule has 2 aromatic rings. The van der Waals surface area contributed by atoms with Crippen molar-refractivity contribution in [1.29, 1.82) is 5.26 Å². The SMILES string of the molecule is Cc1cc(-c2ccccc2)c2c(C)c1C2(C#N)CC(C)CCNC(=O)O. The Balaban J connectivity index is 1.94. The zero-order valence-corrected chi connectivity index (χ0v) is 15.5. The van der Waals surface area contributed by atoms with Crippen LogP contribution in [0.3, 0.4) is 0 Å². The molecule has 2 atom stereocenters. The Labute approximate surface area is 154 Å². The highest BCUT2D eigenvalue weighted by molar-refractivity contribution is 5.82. The van der Waals surface area contributed by atoms with Crippen molar-refractivity contribution < 1.29 is 9.90 Å². The van der Waals surface area contributed by atoms with Crippen molar-refractivity contribution in [3.8, 4) is 17.2 Å². The Kier molecular flexibility index (Phi) is 4.73. The number of aryl methyl sites for hydroxylation is 2. The molecule has 2 unspecified atom stereocenters. The molecule has 1 amide bonds. The van der Waals surface area contributed by atoms with E-state index in [1.54, 1.807) is 0 Å². The molecule has 2 bridgehead atoms. The summed E-state index contributed by atoms with van der Waals surface area (Å²) in [4.78, 5) is 10.6. The normalized spacial score (nSPS) is 18.5. The lowest BCUT2D eigenvalue weighted by Crippen LogP contribution is -2.40. The lowest BCUT2D eigenvalue weighted by Gasteiger charge is -2.45. The predicted molar refractivity (Wildman–Crippen MR) is 102 cm³/mol. The summed E-state index contributed by atoms with van der Waals surface area (Å²) < 4.78 is 0. The summed E-state index contributed by atoms with van der Waals surface area (Å²) in [6.45, 7) is 6.70. The minimum Gasteiger partial charge on any atom is -0.465 e. The lowest BCUT2D eigenvalue weighted by atomic mass is 9.55. The molecule has 0 aromatic heterocycles. The van der Waals surface area contributed by atoms with Crippen molar-refractivity contribution in [2.24, 2.45) is 5.92 Å². The Morgan fingerprint density at radius 3 is 2.54 bits per heavy atom. The van der Waals surface area contributed by atoms with E-state index in [4.69, 9.17) is 5.11 Å². The molecule has 0 heterocycles. The zero-order valence-electron chi connectivity index (χ0n) is 15.5. The Morgan fingerprint density at radius 1 is 1.27 bits per heavy atom. The van der Waals surface area contributed by atoms with Gasteiger partial charge in [-0.1, -0.05) is 43.3 Å². The van der Waals surface area contributed by atoms with Crippen LogP contribution in [0, 0.1) is 31.1 Å². The first kappa shape index (κ1) is 18.0. The van der Waals surface area contributed by atoms with E-state index >= 15 is 0 Å². The number of carboxylic acid groups (broad SMARTS) is 1. The van der Waals surface area contributed by atoms with Gasteiger partial charge in [-0.3, -0.25) is 0 Å². The van der Waals surface area contributed by atoms with Crippen LogP contribution in [0.2, 0.25) is 0 Å². The first-order valence-corrected chi connectivity index (χ1v) is 8.99. The third-order valence-corrected chi connectivity index (χ3v) is 5.47. The molecule has 2 aromatic carbocycles. The maximum atomic E-state index is 10.6. The van der Waals surface area contributed by atoms with E-state index in [9.17, 15) is 10.1 Å². The van der Waals surface area contributed by atoms with Crippen LogP contribution in [0.1, 0.15) is 42.0 Å². The van der Waals surface area contributed by atoms with Crippen LogP contribution in [0.25, 0.3) is 11.1 Å². The highest BCUT2D eigenvalue weighted by Gasteiger charge is 2.49. The Bertz CT molecular complexity index is 877. The summed E-state index contributed by atoms with van der Waals surface area (Å²) in [7, 11) is 0. The molecule has 134 valence electrons. The Morgan fingerprint density at radius 2 is 1.96 bits per heavy atom. The van der Waals surface area contributed by atoms with Gasteiger partial charge in [-0.2, -0.15) is 5.26 Å². The van der Waals surface area contributed by atoms with Crippen LogP contribution < -0.4 is 5.32 Å². The molecule has 26 heavy (non-hydrogen) atoms. The van der Waals surface area contributed by atoms with Crippen LogP contribution in [0.15, 0.2) is 36.4 Å². The van der Waals surface area contributed by atoms with Crippen molar-refractivity contribution in [2.75, 3.05) is 6.54 Å². The van der Waals surface area contributed by atoms with Crippen LogP contribution in [-0.2, 0) is 5.41 Å². The highest BCUT2D eigenvalue weighted by atomic mass is 16.4.